The molecule has 0 bridgehead atoms. The topological polar surface area (TPSA) is 79.8 Å². The van der Waals surface area contributed by atoms with Crippen molar-refractivity contribution in [3.8, 4) is 5.75 Å². The number of anilines is 1. The smallest absolute Gasteiger partial charge is 0.277 e. The monoisotopic (exact) mass is 455 g/mol. The highest BCUT2D eigenvalue weighted by molar-refractivity contribution is 6.35. The highest BCUT2D eigenvalue weighted by atomic mass is 35.5. The molecule has 0 saturated heterocycles. The van der Waals surface area contributed by atoms with Crippen molar-refractivity contribution in [2.75, 3.05) is 11.9 Å². The number of nitrogens with zero attached hydrogens (tertiary/aromatic N) is 1. The average molecular weight is 456 g/mol. The summed E-state index contributed by atoms with van der Waals surface area (Å²) in [6.07, 6.45) is 0. The van der Waals surface area contributed by atoms with Gasteiger partial charge >= 0.3 is 0 Å². The molecule has 31 heavy (non-hydrogen) atoms. The SMILES string of the molecule is C/C(=N/NC(=O)COc1ccc(Cl)cc1Cl)c1cccc(NC(=O)c2ccccc2)c1. The molecule has 2 amide bonds. The molecule has 3 rings (SSSR count). The molecule has 3 aromatic rings. The molecule has 0 aliphatic rings. The Balaban J connectivity index is 1.57. The normalized spacial score (nSPS) is 11.0. The average Bonchev–Trinajstić information content (AvgIpc) is 2.77. The highest BCUT2D eigenvalue weighted by Crippen LogP contribution is 2.27. The van der Waals surface area contributed by atoms with Crippen molar-refractivity contribution in [2.45, 2.75) is 6.92 Å². The lowest BCUT2D eigenvalue weighted by molar-refractivity contribution is -0.123. The van der Waals surface area contributed by atoms with Gasteiger partial charge in [-0.3, -0.25) is 9.59 Å². The minimum atomic E-state index is -0.445. The Morgan fingerprint density at radius 2 is 1.68 bits per heavy atom. The number of hydrogen-bond donors (Lipinski definition) is 2. The Hall–Kier alpha value is -3.35. The molecular weight excluding hydrogens is 437 g/mol. The van der Waals surface area contributed by atoms with Gasteiger partial charge in [0, 0.05) is 16.3 Å². The fourth-order valence-electron chi connectivity index (χ4n) is 2.59. The lowest BCUT2D eigenvalue weighted by Gasteiger charge is -2.09. The van der Waals surface area contributed by atoms with Gasteiger partial charge in [0.2, 0.25) is 0 Å². The first-order valence-electron chi connectivity index (χ1n) is 9.30. The number of benzene rings is 3. The van der Waals surface area contributed by atoms with Crippen LogP contribution in [0, 0.1) is 0 Å². The zero-order chi connectivity index (χ0) is 22.2. The van der Waals surface area contributed by atoms with Gasteiger partial charge in [0.05, 0.1) is 10.7 Å². The molecule has 0 aliphatic carbocycles. The van der Waals surface area contributed by atoms with E-state index in [4.69, 9.17) is 27.9 Å². The van der Waals surface area contributed by atoms with E-state index in [-0.39, 0.29) is 12.5 Å². The molecule has 0 heterocycles. The van der Waals surface area contributed by atoms with Crippen LogP contribution in [0.2, 0.25) is 10.0 Å². The zero-order valence-electron chi connectivity index (χ0n) is 16.6. The van der Waals surface area contributed by atoms with Crippen LogP contribution in [0.4, 0.5) is 5.69 Å². The molecule has 6 nitrogen and oxygen atoms in total. The van der Waals surface area contributed by atoms with Crippen molar-refractivity contribution < 1.29 is 14.3 Å². The number of halogens is 2. The van der Waals surface area contributed by atoms with Gasteiger partial charge in [0.1, 0.15) is 5.75 Å². The van der Waals surface area contributed by atoms with Gasteiger partial charge in [0.15, 0.2) is 6.61 Å². The molecule has 0 unspecified atom stereocenters. The number of carbonyl (C=O) groups is 2. The van der Waals surface area contributed by atoms with Crippen molar-refractivity contribution in [2.24, 2.45) is 5.10 Å². The van der Waals surface area contributed by atoms with E-state index < -0.39 is 5.91 Å². The first kappa shape index (κ1) is 22.3. The van der Waals surface area contributed by atoms with Crippen LogP contribution in [0.5, 0.6) is 5.75 Å². The van der Waals surface area contributed by atoms with E-state index in [1.54, 1.807) is 61.5 Å². The molecule has 158 valence electrons. The Morgan fingerprint density at radius 3 is 2.42 bits per heavy atom. The van der Waals surface area contributed by atoms with Gasteiger partial charge < -0.3 is 10.1 Å². The minimum absolute atomic E-state index is 0.210. The number of hydrogen-bond acceptors (Lipinski definition) is 4. The summed E-state index contributed by atoms with van der Waals surface area (Å²) in [7, 11) is 0. The summed E-state index contributed by atoms with van der Waals surface area (Å²) in [6.45, 7) is 1.49. The van der Waals surface area contributed by atoms with Crippen molar-refractivity contribution >= 4 is 46.4 Å². The van der Waals surface area contributed by atoms with Crippen molar-refractivity contribution in [1.29, 1.82) is 0 Å². The van der Waals surface area contributed by atoms with Gasteiger partial charge in [0.25, 0.3) is 11.8 Å². The predicted molar refractivity (Wildman–Crippen MR) is 123 cm³/mol. The van der Waals surface area contributed by atoms with Crippen LogP contribution in [0.25, 0.3) is 0 Å². The third-order valence-corrected chi connectivity index (χ3v) is 4.71. The molecule has 0 aromatic heterocycles. The van der Waals surface area contributed by atoms with Crippen LogP contribution in [0.1, 0.15) is 22.8 Å². The Morgan fingerprint density at radius 1 is 0.935 bits per heavy atom. The second kappa shape index (κ2) is 10.6. The third-order valence-electron chi connectivity index (χ3n) is 4.18. The van der Waals surface area contributed by atoms with Gasteiger partial charge in [-0.2, -0.15) is 5.10 Å². The third kappa shape index (κ3) is 6.57. The van der Waals surface area contributed by atoms with Gasteiger partial charge in [-0.1, -0.05) is 53.5 Å². The molecular formula is C23H19Cl2N3O3. The maximum Gasteiger partial charge on any atom is 0.277 e. The maximum atomic E-state index is 12.3. The Labute approximate surface area is 189 Å². The predicted octanol–water partition coefficient (Wildman–Crippen LogP) is 5.16. The largest absolute Gasteiger partial charge is 0.482 e. The van der Waals surface area contributed by atoms with E-state index in [0.29, 0.717) is 32.8 Å². The standard InChI is InChI=1S/C23H19Cl2N3O3/c1-15(27-28-22(29)14-31-21-11-10-18(24)13-20(21)25)17-8-5-9-19(12-17)26-23(30)16-6-3-2-4-7-16/h2-13H,14H2,1H3,(H,26,30)(H,28,29)/b27-15-. The summed E-state index contributed by atoms with van der Waals surface area (Å²) in [5.41, 5.74) is 4.92. The number of rotatable bonds is 7. The van der Waals surface area contributed by atoms with Crippen LogP contribution >= 0.6 is 23.2 Å². The molecule has 0 fully saturated rings. The minimum Gasteiger partial charge on any atom is -0.482 e. The van der Waals surface area contributed by atoms with Crippen LogP contribution in [0.15, 0.2) is 77.9 Å². The summed E-state index contributed by atoms with van der Waals surface area (Å²) < 4.78 is 5.38. The molecule has 8 heteroatoms. The Bertz CT molecular complexity index is 1120. The van der Waals surface area contributed by atoms with E-state index in [1.165, 1.54) is 6.07 Å². The van der Waals surface area contributed by atoms with E-state index in [1.807, 2.05) is 12.1 Å². The molecule has 0 saturated carbocycles. The Kier molecular flexibility index (Phi) is 7.65. The van der Waals surface area contributed by atoms with E-state index in [0.717, 1.165) is 5.56 Å². The van der Waals surface area contributed by atoms with Crippen LogP contribution in [-0.2, 0) is 4.79 Å². The molecule has 3 aromatic carbocycles. The molecule has 2 N–H and O–H groups in total. The van der Waals surface area contributed by atoms with Crippen molar-refractivity contribution in [3.05, 3.63) is 94.0 Å². The van der Waals surface area contributed by atoms with Crippen LogP contribution < -0.4 is 15.5 Å². The first-order valence-corrected chi connectivity index (χ1v) is 10.1. The zero-order valence-corrected chi connectivity index (χ0v) is 18.1. The van der Waals surface area contributed by atoms with Crippen molar-refractivity contribution in [3.63, 3.8) is 0 Å². The van der Waals surface area contributed by atoms with E-state index in [2.05, 4.69) is 15.8 Å². The quantitative estimate of drug-likeness (QED) is 0.381. The van der Waals surface area contributed by atoms with Gasteiger partial charge in [-0.15, -0.1) is 0 Å². The molecule has 0 spiro atoms. The number of carbonyl (C=O) groups excluding carboxylic acids is 2. The summed E-state index contributed by atoms with van der Waals surface area (Å²) in [4.78, 5) is 24.3. The second-order valence-corrected chi connectivity index (χ2v) is 7.34. The molecule has 0 radical (unpaired) electrons. The fraction of sp³-hybridized carbons (Fsp3) is 0.0870. The van der Waals surface area contributed by atoms with Crippen LogP contribution in [-0.4, -0.2) is 24.1 Å². The van der Waals surface area contributed by atoms with Crippen molar-refractivity contribution in [1.82, 2.24) is 5.43 Å². The second-order valence-electron chi connectivity index (χ2n) is 6.50. The van der Waals surface area contributed by atoms with Crippen LogP contribution in [0.3, 0.4) is 0 Å². The number of amides is 2. The molecule has 0 atom stereocenters. The summed E-state index contributed by atoms with van der Waals surface area (Å²) in [5.74, 6) is -0.304. The highest BCUT2D eigenvalue weighted by Gasteiger charge is 2.08. The lowest BCUT2D eigenvalue weighted by Crippen LogP contribution is -2.25. The summed E-state index contributed by atoms with van der Waals surface area (Å²) in [5, 5.41) is 7.73. The summed E-state index contributed by atoms with van der Waals surface area (Å²) in [6, 6.07) is 20.8. The molecule has 0 aliphatic heterocycles. The van der Waals surface area contributed by atoms with Gasteiger partial charge in [-0.05, 0) is 55.0 Å². The summed E-state index contributed by atoms with van der Waals surface area (Å²) >= 11 is 11.8. The number of nitrogens with one attached hydrogen (secondary N) is 2. The fourth-order valence-corrected chi connectivity index (χ4v) is 3.06. The van der Waals surface area contributed by atoms with Gasteiger partial charge in [-0.25, -0.2) is 5.43 Å². The number of hydrazone groups is 1. The maximum absolute atomic E-state index is 12.3. The number of ether oxygens (including phenoxy) is 1. The lowest BCUT2D eigenvalue weighted by atomic mass is 10.1. The van der Waals surface area contributed by atoms with E-state index in [9.17, 15) is 9.59 Å². The first-order chi connectivity index (χ1) is 14.9. The van der Waals surface area contributed by atoms with E-state index >= 15 is 0 Å².